The molecule has 17 heavy (non-hydrogen) atoms. The third-order valence-corrected chi connectivity index (χ3v) is 2.58. The van der Waals surface area contributed by atoms with Crippen molar-refractivity contribution < 1.29 is 9.90 Å². The molecule has 0 unspecified atom stereocenters. The number of allylic oxidation sites excluding steroid dienone is 1. The summed E-state index contributed by atoms with van der Waals surface area (Å²) < 4.78 is 0. The maximum Gasteiger partial charge on any atom is 0.332 e. The zero-order chi connectivity index (χ0) is 12.9. The van der Waals surface area contributed by atoms with Crippen LogP contribution in [-0.2, 0) is 4.79 Å². The molecule has 0 atom stereocenters. The van der Waals surface area contributed by atoms with Crippen molar-refractivity contribution in [3.8, 4) is 11.8 Å². The lowest BCUT2D eigenvalue weighted by Crippen LogP contribution is -2.00. The summed E-state index contributed by atoms with van der Waals surface area (Å²) in [5.74, 6) is 5.04. The highest BCUT2D eigenvalue weighted by molar-refractivity contribution is 5.87. The van der Waals surface area contributed by atoms with E-state index in [-0.39, 0.29) is 0 Å². The van der Waals surface area contributed by atoms with Crippen molar-refractivity contribution >= 4 is 5.97 Å². The Balaban J connectivity index is 4.06. The minimum absolute atomic E-state index is 0.446. The topological polar surface area (TPSA) is 37.3 Å². The zero-order valence-corrected chi connectivity index (χ0v) is 11.1. The lowest BCUT2D eigenvalue weighted by Gasteiger charge is -1.99. The molecular weight excluding hydrogens is 212 g/mol. The minimum Gasteiger partial charge on any atom is -0.478 e. The molecule has 1 N–H and O–H groups in total. The molecule has 0 bridgehead atoms. The van der Waals surface area contributed by atoms with Crippen LogP contribution >= 0.6 is 0 Å². The van der Waals surface area contributed by atoms with Gasteiger partial charge in [-0.15, -0.1) is 0 Å². The van der Waals surface area contributed by atoms with E-state index in [1.54, 1.807) is 6.08 Å². The summed E-state index contributed by atoms with van der Waals surface area (Å²) in [6.07, 6.45) is 9.68. The highest BCUT2D eigenvalue weighted by Gasteiger charge is 2.04. The molecule has 0 fully saturated rings. The van der Waals surface area contributed by atoms with Gasteiger partial charge in [0, 0.05) is 12.0 Å². The average Bonchev–Trinajstić information content (AvgIpc) is 2.31. The quantitative estimate of drug-likeness (QED) is 0.390. The van der Waals surface area contributed by atoms with Gasteiger partial charge in [0.1, 0.15) is 0 Å². The smallest absolute Gasteiger partial charge is 0.332 e. The molecule has 0 aromatic heterocycles. The van der Waals surface area contributed by atoms with Gasteiger partial charge < -0.3 is 5.11 Å². The van der Waals surface area contributed by atoms with Crippen LogP contribution in [0.15, 0.2) is 11.6 Å². The summed E-state index contributed by atoms with van der Waals surface area (Å²) in [6.45, 7) is 4.27. The van der Waals surface area contributed by atoms with Gasteiger partial charge in [-0.3, -0.25) is 0 Å². The molecule has 0 saturated heterocycles. The van der Waals surface area contributed by atoms with E-state index in [0.29, 0.717) is 12.0 Å². The number of carboxylic acid groups (broad SMARTS) is 1. The first-order chi connectivity index (χ1) is 8.22. The van der Waals surface area contributed by atoms with Crippen molar-refractivity contribution in [3.05, 3.63) is 11.6 Å². The monoisotopic (exact) mass is 236 g/mol. The van der Waals surface area contributed by atoms with E-state index >= 15 is 0 Å². The maximum atomic E-state index is 10.9. The van der Waals surface area contributed by atoms with Crippen LogP contribution in [0.25, 0.3) is 0 Å². The largest absolute Gasteiger partial charge is 0.478 e. The fourth-order valence-electron chi connectivity index (χ4n) is 1.48. The minimum atomic E-state index is -0.830. The SMILES string of the molecule is CCCCCC#C/C=C(\CCCCC)C(=O)O. The third kappa shape index (κ3) is 9.68. The summed E-state index contributed by atoms with van der Waals surface area (Å²) in [5, 5.41) is 8.98. The van der Waals surface area contributed by atoms with E-state index in [4.69, 9.17) is 5.11 Å². The molecular formula is C15H24O2. The Morgan fingerprint density at radius 2 is 1.76 bits per heavy atom. The van der Waals surface area contributed by atoms with Gasteiger partial charge in [0.2, 0.25) is 0 Å². The Bertz CT molecular complexity index is 292. The van der Waals surface area contributed by atoms with Crippen molar-refractivity contribution in [2.24, 2.45) is 0 Å². The van der Waals surface area contributed by atoms with Gasteiger partial charge in [-0.05, 0) is 25.3 Å². The molecule has 0 aliphatic rings. The first kappa shape index (κ1) is 15.8. The zero-order valence-electron chi connectivity index (χ0n) is 11.1. The lowest BCUT2D eigenvalue weighted by atomic mass is 10.1. The lowest BCUT2D eigenvalue weighted by molar-refractivity contribution is -0.132. The standard InChI is InChI=1S/C15H24O2/c1-3-5-7-8-9-11-13-14(15(16)17)12-10-6-4-2/h13H,3-8,10,12H2,1-2H3,(H,16,17)/b14-13+. The van der Waals surface area contributed by atoms with Gasteiger partial charge >= 0.3 is 5.97 Å². The first-order valence-electron chi connectivity index (χ1n) is 6.63. The Morgan fingerprint density at radius 3 is 2.35 bits per heavy atom. The molecule has 0 aliphatic carbocycles. The van der Waals surface area contributed by atoms with Gasteiger partial charge in [-0.25, -0.2) is 4.79 Å². The number of carbonyl (C=O) groups is 1. The second-order valence-electron chi connectivity index (χ2n) is 4.21. The maximum absolute atomic E-state index is 10.9. The molecule has 0 heterocycles. The molecule has 0 spiro atoms. The summed E-state index contributed by atoms with van der Waals surface area (Å²) in [5.41, 5.74) is 0.446. The van der Waals surface area contributed by atoms with Crippen LogP contribution in [0.5, 0.6) is 0 Å². The van der Waals surface area contributed by atoms with E-state index < -0.39 is 5.97 Å². The van der Waals surface area contributed by atoms with Crippen molar-refractivity contribution in [2.45, 2.75) is 65.2 Å². The predicted octanol–water partition coefficient (Wildman–Crippen LogP) is 4.16. The Morgan fingerprint density at radius 1 is 1.12 bits per heavy atom. The molecule has 2 heteroatoms. The normalized spacial score (nSPS) is 10.8. The van der Waals surface area contributed by atoms with E-state index in [2.05, 4.69) is 25.7 Å². The molecule has 96 valence electrons. The van der Waals surface area contributed by atoms with E-state index in [1.165, 1.54) is 12.8 Å². The molecule has 0 rings (SSSR count). The Labute approximate surface area is 105 Å². The highest BCUT2D eigenvalue weighted by atomic mass is 16.4. The molecule has 0 aromatic rings. The van der Waals surface area contributed by atoms with Crippen LogP contribution in [0.4, 0.5) is 0 Å². The average molecular weight is 236 g/mol. The van der Waals surface area contributed by atoms with Crippen LogP contribution < -0.4 is 0 Å². The van der Waals surface area contributed by atoms with Crippen molar-refractivity contribution in [1.82, 2.24) is 0 Å². The molecule has 0 aliphatic heterocycles. The number of rotatable bonds is 8. The molecule has 0 aromatic carbocycles. The van der Waals surface area contributed by atoms with Crippen molar-refractivity contribution in [1.29, 1.82) is 0 Å². The molecule has 0 amide bonds. The molecule has 2 nitrogen and oxygen atoms in total. The second kappa shape index (κ2) is 11.3. The number of carboxylic acids is 1. The fraction of sp³-hybridized carbons (Fsp3) is 0.667. The Hall–Kier alpha value is -1.23. The van der Waals surface area contributed by atoms with Crippen LogP contribution in [0, 0.1) is 11.8 Å². The van der Waals surface area contributed by atoms with Gasteiger partial charge in [-0.1, -0.05) is 51.4 Å². The van der Waals surface area contributed by atoms with Gasteiger partial charge in [0.25, 0.3) is 0 Å². The fourth-order valence-corrected chi connectivity index (χ4v) is 1.48. The van der Waals surface area contributed by atoms with E-state index in [1.807, 2.05) is 0 Å². The van der Waals surface area contributed by atoms with Crippen LogP contribution in [-0.4, -0.2) is 11.1 Å². The van der Waals surface area contributed by atoms with E-state index in [9.17, 15) is 4.79 Å². The second-order valence-corrected chi connectivity index (χ2v) is 4.21. The first-order valence-corrected chi connectivity index (χ1v) is 6.63. The predicted molar refractivity (Wildman–Crippen MR) is 71.8 cm³/mol. The number of aliphatic carboxylic acids is 1. The summed E-state index contributed by atoms with van der Waals surface area (Å²) in [4.78, 5) is 10.9. The van der Waals surface area contributed by atoms with Gasteiger partial charge in [0.05, 0.1) is 0 Å². The summed E-state index contributed by atoms with van der Waals surface area (Å²) >= 11 is 0. The highest BCUT2D eigenvalue weighted by Crippen LogP contribution is 2.08. The molecule has 0 saturated carbocycles. The van der Waals surface area contributed by atoms with Crippen LogP contribution in [0.1, 0.15) is 65.2 Å². The van der Waals surface area contributed by atoms with E-state index in [0.717, 1.165) is 32.1 Å². The third-order valence-electron chi connectivity index (χ3n) is 2.58. The van der Waals surface area contributed by atoms with Crippen molar-refractivity contribution in [2.75, 3.05) is 0 Å². The van der Waals surface area contributed by atoms with Gasteiger partial charge in [-0.2, -0.15) is 0 Å². The van der Waals surface area contributed by atoms with Gasteiger partial charge in [0.15, 0.2) is 0 Å². The van der Waals surface area contributed by atoms with Crippen molar-refractivity contribution in [3.63, 3.8) is 0 Å². The summed E-state index contributed by atoms with van der Waals surface area (Å²) in [7, 11) is 0. The molecule has 0 radical (unpaired) electrons. The van der Waals surface area contributed by atoms with Crippen LogP contribution in [0.2, 0.25) is 0 Å². The summed E-state index contributed by atoms with van der Waals surface area (Å²) in [6, 6.07) is 0. The number of hydrogen-bond acceptors (Lipinski definition) is 1. The number of hydrogen-bond donors (Lipinski definition) is 1. The Kier molecular flexibility index (Phi) is 10.4. The van der Waals surface area contributed by atoms with Crippen LogP contribution in [0.3, 0.4) is 0 Å². The number of unbranched alkanes of at least 4 members (excludes halogenated alkanes) is 5.